The molecule has 1 fully saturated rings. The van der Waals surface area contributed by atoms with E-state index in [0.717, 1.165) is 32.7 Å². The molecule has 2 heterocycles. The van der Waals surface area contributed by atoms with E-state index in [0.29, 0.717) is 17.6 Å². The Balaban J connectivity index is 1.92. The number of nitrogens with zero attached hydrogens (tertiary/aromatic N) is 3. The van der Waals surface area contributed by atoms with Crippen LogP contribution in [0.15, 0.2) is 16.1 Å². The molecule has 0 radical (unpaired) electrons. The van der Waals surface area contributed by atoms with Gasteiger partial charge < -0.3 is 19.5 Å². The van der Waals surface area contributed by atoms with E-state index in [1.54, 1.807) is 19.1 Å². The lowest BCUT2D eigenvalue weighted by molar-refractivity contribution is 0.0769. The molecule has 0 bridgehead atoms. The van der Waals surface area contributed by atoms with Crippen LogP contribution in [0.2, 0.25) is 0 Å². The number of amides is 1. The molecule has 8 heteroatoms. The summed E-state index contributed by atoms with van der Waals surface area (Å²) in [5.41, 5.74) is -0.283. The zero-order valence-electron chi connectivity index (χ0n) is 13.9. The van der Waals surface area contributed by atoms with E-state index in [-0.39, 0.29) is 17.0 Å². The van der Waals surface area contributed by atoms with Crippen molar-refractivity contribution in [3.05, 3.63) is 22.1 Å². The highest BCUT2D eigenvalue weighted by Crippen LogP contribution is 2.17. The number of rotatable bonds is 7. The number of carbonyl (C=O) groups excluding carboxylic acids is 1. The minimum atomic E-state index is -0.380. The Morgan fingerprint density at radius 1 is 1.61 bits per heavy atom. The number of hydrogen-bond donors (Lipinski definition) is 1. The number of thioether (sulfide) groups is 1. The van der Waals surface area contributed by atoms with Crippen LogP contribution in [-0.4, -0.2) is 78.9 Å². The van der Waals surface area contributed by atoms with Crippen LogP contribution < -0.4 is 5.56 Å². The molecule has 0 unspecified atom stereocenters. The molecule has 23 heavy (non-hydrogen) atoms. The van der Waals surface area contributed by atoms with Crippen molar-refractivity contribution in [1.29, 1.82) is 0 Å². The van der Waals surface area contributed by atoms with Crippen molar-refractivity contribution >= 4 is 17.7 Å². The molecule has 1 aromatic heterocycles. The van der Waals surface area contributed by atoms with Gasteiger partial charge in [-0.15, -0.1) is 0 Å². The minimum Gasteiger partial charge on any atom is -0.383 e. The number of H-pyrrole nitrogens is 1. The number of methoxy groups -OCH3 is 1. The third-order valence-corrected chi connectivity index (χ3v) is 4.65. The molecule has 0 aliphatic carbocycles. The van der Waals surface area contributed by atoms with E-state index < -0.39 is 0 Å². The lowest BCUT2D eigenvalue weighted by Crippen LogP contribution is -2.36. The second-order valence-electron chi connectivity index (χ2n) is 5.77. The Morgan fingerprint density at radius 3 is 3.04 bits per heavy atom. The second kappa shape index (κ2) is 8.47. The molecule has 1 aliphatic heterocycles. The first-order valence-electron chi connectivity index (χ1n) is 7.65. The van der Waals surface area contributed by atoms with E-state index in [1.165, 1.54) is 18.0 Å². The van der Waals surface area contributed by atoms with Crippen molar-refractivity contribution in [2.24, 2.45) is 5.92 Å². The van der Waals surface area contributed by atoms with Gasteiger partial charge in [0.2, 0.25) is 0 Å². The van der Waals surface area contributed by atoms with Crippen LogP contribution in [0.4, 0.5) is 0 Å². The van der Waals surface area contributed by atoms with Gasteiger partial charge in [0.05, 0.1) is 6.61 Å². The van der Waals surface area contributed by atoms with E-state index in [1.807, 2.05) is 6.26 Å². The monoisotopic (exact) mass is 340 g/mol. The van der Waals surface area contributed by atoms with Gasteiger partial charge in [0.15, 0.2) is 5.16 Å². The summed E-state index contributed by atoms with van der Waals surface area (Å²) in [5.74, 6) is 0.153. The summed E-state index contributed by atoms with van der Waals surface area (Å²) >= 11 is 1.34. The molecule has 0 spiro atoms. The highest BCUT2D eigenvalue weighted by Gasteiger charge is 2.25. The van der Waals surface area contributed by atoms with Crippen LogP contribution in [0.3, 0.4) is 0 Å². The number of hydrogen-bond acceptors (Lipinski definition) is 6. The quantitative estimate of drug-likeness (QED) is 0.576. The highest BCUT2D eigenvalue weighted by molar-refractivity contribution is 7.98. The van der Waals surface area contributed by atoms with Crippen LogP contribution in [0.25, 0.3) is 0 Å². The summed E-state index contributed by atoms with van der Waals surface area (Å²) in [7, 11) is 3.44. The molecule has 2 rings (SSSR count). The fraction of sp³-hybridized carbons (Fsp3) is 0.667. The fourth-order valence-corrected chi connectivity index (χ4v) is 3.15. The van der Waals surface area contributed by atoms with E-state index >= 15 is 0 Å². The summed E-state index contributed by atoms with van der Waals surface area (Å²) in [6.07, 6.45) is 4.24. The summed E-state index contributed by atoms with van der Waals surface area (Å²) in [4.78, 5) is 35.1. The SMILES string of the molecule is COCCN1CC[C@@H](CN(C)C(=O)c2cnc(SC)[nH]c2=O)C1. The molecule has 7 nitrogen and oxygen atoms in total. The van der Waals surface area contributed by atoms with Crippen LogP contribution in [-0.2, 0) is 4.74 Å². The summed E-state index contributed by atoms with van der Waals surface area (Å²) in [6, 6.07) is 0. The Kier molecular flexibility index (Phi) is 6.61. The zero-order valence-corrected chi connectivity index (χ0v) is 14.7. The second-order valence-corrected chi connectivity index (χ2v) is 6.56. The maximum atomic E-state index is 12.4. The largest absolute Gasteiger partial charge is 0.383 e. The van der Waals surface area contributed by atoms with Crippen molar-refractivity contribution in [2.75, 3.05) is 53.2 Å². The molecule has 1 amide bonds. The summed E-state index contributed by atoms with van der Waals surface area (Å²) in [5, 5.41) is 0.513. The van der Waals surface area contributed by atoms with Gasteiger partial charge in [-0.3, -0.25) is 9.59 Å². The lowest BCUT2D eigenvalue weighted by Gasteiger charge is -2.21. The fourth-order valence-electron chi connectivity index (χ4n) is 2.80. The first-order valence-corrected chi connectivity index (χ1v) is 8.87. The van der Waals surface area contributed by atoms with Gasteiger partial charge in [0.25, 0.3) is 11.5 Å². The van der Waals surface area contributed by atoms with Crippen molar-refractivity contribution in [1.82, 2.24) is 19.8 Å². The Hall–Kier alpha value is -1.38. The van der Waals surface area contributed by atoms with Crippen molar-refractivity contribution in [3.8, 4) is 0 Å². The molecule has 0 aromatic carbocycles. The average molecular weight is 340 g/mol. The molecule has 128 valence electrons. The highest BCUT2D eigenvalue weighted by atomic mass is 32.2. The maximum Gasteiger partial charge on any atom is 0.264 e. The zero-order chi connectivity index (χ0) is 16.8. The molecular weight excluding hydrogens is 316 g/mol. The van der Waals surface area contributed by atoms with Gasteiger partial charge in [-0.25, -0.2) is 4.98 Å². The van der Waals surface area contributed by atoms with Crippen LogP contribution >= 0.6 is 11.8 Å². The van der Waals surface area contributed by atoms with Crippen molar-refractivity contribution in [3.63, 3.8) is 0 Å². The number of nitrogens with one attached hydrogen (secondary N) is 1. The van der Waals surface area contributed by atoms with Gasteiger partial charge in [-0.05, 0) is 25.1 Å². The third-order valence-electron chi connectivity index (χ3n) is 4.06. The van der Waals surface area contributed by atoms with E-state index in [4.69, 9.17) is 4.74 Å². The Bertz CT molecular complexity index is 592. The first kappa shape index (κ1) is 18.0. The van der Waals surface area contributed by atoms with Crippen molar-refractivity contribution < 1.29 is 9.53 Å². The number of ether oxygens (including phenoxy) is 1. The number of aromatic amines is 1. The van der Waals surface area contributed by atoms with Crippen LogP contribution in [0.5, 0.6) is 0 Å². The van der Waals surface area contributed by atoms with Crippen LogP contribution in [0.1, 0.15) is 16.8 Å². The molecular formula is C15H24N4O3S. The maximum absolute atomic E-state index is 12.4. The average Bonchev–Trinajstić information content (AvgIpc) is 2.99. The first-order chi connectivity index (χ1) is 11.0. The van der Waals surface area contributed by atoms with Gasteiger partial charge in [0.1, 0.15) is 5.56 Å². The molecule has 1 aliphatic rings. The Labute approximate surface area is 140 Å². The third kappa shape index (κ3) is 4.79. The smallest absolute Gasteiger partial charge is 0.264 e. The molecule has 1 aromatic rings. The molecule has 0 saturated carbocycles. The number of aromatic nitrogens is 2. The molecule has 1 atom stereocenters. The number of likely N-dealkylation sites (tertiary alicyclic amines) is 1. The van der Waals surface area contributed by atoms with Crippen LogP contribution in [0, 0.1) is 5.92 Å². The minimum absolute atomic E-state index is 0.0968. The van der Waals surface area contributed by atoms with Gasteiger partial charge in [0, 0.05) is 40.0 Å². The summed E-state index contributed by atoms with van der Waals surface area (Å²) < 4.78 is 5.10. The van der Waals surface area contributed by atoms with E-state index in [9.17, 15) is 9.59 Å². The van der Waals surface area contributed by atoms with Crippen molar-refractivity contribution in [2.45, 2.75) is 11.6 Å². The van der Waals surface area contributed by atoms with Gasteiger partial charge in [-0.2, -0.15) is 0 Å². The predicted octanol–water partition coefficient (Wildman–Crippen LogP) is 0.532. The molecule has 1 N–H and O–H groups in total. The van der Waals surface area contributed by atoms with Gasteiger partial charge in [-0.1, -0.05) is 11.8 Å². The summed E-state index contributed by atoms with van der Waals surface area (Å²) in [6.45, 7) is 4.28. The van der Waals surface area contributed by atoms with Gasteiger partial charge >= 0.3 is 0 Å². The topological polar surface area (TPSA) is 78.5 Å². The predicted molar refractivity (Wildman–Crippen MR) is 90.0 cm³/mol. The Morgan fingerprint density at radius 2 is 2.39 bits per heavy atom. The number of carbonyl (C=O) groups is 1. The standard InChI is InChI=1S/C15H24N4O3S/c1-18(9-11-4-5-19(10-11)6-7-22-2)14(21)12-8-16-15(23-3)17-13(12)20/h8,11H,4-7,9-10H2,1-3H3,(H,16,17,20)/t11-/m0/s1. The molecule has 1 saturated heterocycles. The lowest BCUT2D eigenvalue weighted by atomic mass is 10.1. The van der Waals surface area contributed by atoms with E-state index in [2.05, 4.69) is 14.9 Å². The normalized spacial score (nSPS) is 18.3.